The van der Waals surface area contributed by atoms with E-state index in [1.54, 1.807) is 19.1 Å². The smallest absolute Gasteiger partial charge is 0.250 e. The van der Waals surface area contributed by atoms with Crippen LogP contribution in [0, 0.1) is 0 Å². The summed E-state index contributed by atoms with van der Waals surface area (Å²) in [4.78, 5) is 0. The maximum Gasteiger partial charge on any atom is 0.250 e. The zero-order valence-electron chi connectivity index (χ0n) is 6.76. The molecule has 1 aromatic rings. The Morgan fingerprint density at radius 3 is 2.83 bits per heavy atom. The lowest BCUT2D eigenvalue weighted by Crippen LogP contribution is -2.24. The maximum absolute atomic E-state index is 11.7. The van der Waals surface area contributed by atoms with E-state index in [0.717, 1.165) is 0 Å². The molecule has 1 aromatic heterocycles. The lowest BCUT2D eigenvalue weighted by Gasteiger charge is -2.09. The molecule has 0 aliphatic rings. The first kappa shape index (κ1) is 9.19. The molecule has 1 N–H and O–H groups in total. The molecule has 0 saturated carbocycles. The second-order valence-corrected chi connectivity index (χ2v) is 2.54. The minimum Gasteiger partial charge on any atom is -0.468 e. The number of furan rings is 1. The summed E-state index contributed by atoms with van der Waals surface area (Å²) in [5, 5.41) is 2.64. The van der Waals surface area contributed by atoms with Crippen LogP contribution >= 0.6 is 0 Å². The van der Waals surface area contributed by atoms with Crippen LogP contribution in [0.5, 0.6) is 0 Å². The highest BCUT2D eigenvalue weighted by Crippen LogP contribution is 2.11. The maximum atomic E-state index is 11.7. The third-order valence-electron chi connectivity index (χ3n) is 1.55. The van der Waals surface area contributed by atoms with E-state index < -0.39 is 6.43 Å². The molecule has 0 aromatic carbocycles. The van der Waals surface area contributed by atoms with Crippen molar-refractivity contribution >= 4 is 0 Å². The lowest BCUT2D eigenvalue weighted by molar-refractivity contribution is 0.141. The normalized spacial score (nSPS) is 13.7. The zero-order valence-corrected chi connectivity index (χ0v) is 6.76. The van der Waals surface area contributed by atoms with Crippen molar-refractivity contribution in [2.45, 2.75) is 19.4 Å². The summed E-state index contributed by atoms with van der Waals surface area (Å²) in [5.74, 6) is 0.677. The highest BCUT2D eigenvalue weighted by molar-refractivity contribution is 5.02. The molecule has 0 fully saturated rings. The number of hydrogen-bond donors (Lipinski definition) is 1. The fourth-order valence-electron chi connectivity index (χ4n) is 0.904. The van der Waals surface area contributed by atoms with Crippen molar-refractivity contribution < 1.29 is 13.2 Å². The van der Waals surface area contributed by atoms with Gasteiger partial charge in [-0.25, -0.2) is 8.78 Å². The van der Waals surface area contributed by atoms with Crippen LogP contribution in [-0.2, 0) is 0 Å². The van der Waals surface area contributed by atoms with E-state index in [1.165, 1.54) is 6.26 Å². The molecule has 1 heterocycles. The van der Waals surface area contributed by atoms with Crippen molar-refractivity contribution in [3.05, 3.63) is 24.2 Å². The van der Waals surface area contributed by atoms with Crippen molar-refractivity contribution in [3.63, 3.8) is 0 Å². The van der Waals surface area contributed by atoms with Gasteiger partial charge in [-0.05, 0) is 19.1 Å². The van der Waals surface area contributed by atoms with E-state index in [1.807, 2.05) is 0 Å². The summed E-state index contributed by atoms with van der Waals surface area (Å²) < 4.78 is 28.5. The lowest BCUT2D eigenvalue weighted by atomic mass is 10.2. The topological polar surface area (TPSA) is 25.2 Å². The standard InChI is InChI=1S/C8H11F2NO/c1-6(11-5-8(9)10)7-3-2-4-12-7/h2-4,6,8,11H,5H2,1H3. The third-order valence-corrected chi connectivity index (χ3v) is 1.55. The van der Waals surface area contributed by atoms with Gasteiger partial charge in [0.25, 0.3) is 6.43 Å². The summed E-state index contributed by atoms with van der Waals surface area (Å²) in [6.07, 6.45) is -0.794. The van der Waals surface area contributed by atoms with Gasteiger partial charge in [-0.2, -0.15) is 0 Å². The van der Waals surface area contributed by atoms with Crippen LogP contribution in [0.4, 0.5) is 8.78 Å². The number of halogens is 2. The van der Waals surface area contributed by atoms with Crippen LogP contribution in [-0.4, -0.2) is 13.0 Å². The second-order valence-electron chi connectivity index (χ2n) is 2.54. The SMILES string of the molecule is CC(NCC(F)F)c1ccco1. The van der Waals surface area contributed by atoms with Crippen molar-refractivity contribution in [1.29, 1.82) is 0 Å². The Bertz CT molecular complexity index is 211. The molecule has 0 aliphatic carbocycles. The number of hydrogen-bond acceptors (Lipinski definition) is 2. The van der Waals surface area contributed by atoms with Crippen molar-refractivity contribution in [1.82, 2.24) is 5.32 Å². The van der Waals surface area contributed by atoms with Gasteiger partial charge >= 0.3 is 0 Å². The van der Waals surface area contributed by atoms with Gasteiger partial charge in [0.05, 0.1) is 18.8 Å². The van der Waals surface area contributed by atoms with E-state index in [9.17, 15) is 8.78 Å². The minimum absolute atomic E-state index is 0.158. The van der Waals surface area contributed by atoms with Crippen LogP contribution in [0.2, 0.25) is 0 Å². The molecule has 0 spiro atoms. The van der Waals surface area contributed by atoms with Crippen LogP contribution in [0.1, 0.15) is 18.7 Å². The fourth-order valence-corrected chi connectivity index (χ4v) is 0.904. The summed E-state index contributed by atoms with van der Waals surface area (Å²) >= 11 is 0. The van der Waals surface area contributed by atoms with Gasteiger partial charge in [-0.15, -0.1) is 0 Å². The number of alkyl halides is 2. The van der Waals surface area contributed by atoms with Gasteiger partial charge < -0.3 is 9.73 Å². The summed E-state index contributed by atoms with van der Waals surface area (Å²) in [7, 11) is 0. The molecule has 1 atom stereocenters. The fraction of sp³-hybridized carbons (Fsp3) is 0.500. The first-order valence-corrected chi connectivity index (χ1v) is 3.75. The molecule has 4 heteroatoms. The first-order valence-electron chi connectivity index (χ1n) is 3.75. The molecule has 0 radical (unpaired) electrons. The third kappa shape index (κ3) is 2.62. The predicted octanol–water partition coefficient (Wildman–Crippen LogP) is 2.20. The number of nitrogens with one attached hydrogen (secondary N) is 1. The van der Waals surface area contributed by atoms with Crippen LogP contribution in [0.25, 0.3) is 0 Å². The van der Waals surface area contributed by atoms with Crippen molar-refractivity contribution in [2.24, 2.45) is 0 Å². The highest BCUT2D eigenvalue weighted by Gasteiger charge is 2.09. The summed E-state index contributed by atoms with van der Waals surface area (Å²) in [5.41, 5.74) is 0. The van der Waals surface area contributed by atoms with Gasteiger partial charge in [-0.1, -0.05) is 0 Å². The summed E-state index contributed by atoms with van der Waals surface area (Å²) in [6, 6.07) is 3.33. The molecule has 1 rings (SSSR count). The molecule has 1 unspecified atom stereocenters. The average molecular weight is 175 g/mol. The predicted molar refractivity (Wildman–Crippen MR) is 41.1 cm³/mol. The molecule has 2 nitrogen and oxygen atoms in total. The average Bonchev–Trinajstić information content (AvgIpc) is 2.51. The van der Waals surface area contributed by atoms with Gasteiger partial charge in [0.1, 0.15) is 5.76 Å². The minimum atomic E-state index is -2.32. The molecule has 68 valence electrons. The molecular formula is C8H11F2NO. The van der Waals surface area contributed by atoms with E-state index in [-0.39, 0.29) is 12.6 Å². The Labute approximate surface area is 69.6 Å². The van der Waals surface area contributed by atoms with Gasteiger partial charge in [0.2, 0.25) is 0 Å². The van der Waals surface area contributed by atoms with Crippen LogP contribution in [0.3, 0.4) is 0 Å². The Balaban J connectivity index is 2.34. The molecule has 0 aliphatic heterocycles. The molecule has 0 bridgehead atoms. The monoisotopic (exact) mass is 175 g/mol. The van der Waals surface area contributed by atoms with E-state index in [0.29, 0.717) is 5.76 Å². The molecule has 0 saturated heterocycles. The van der Waals surface area contributed by atoms with Crippen LogP contribution < -0.4 is 5.32 Å². The Morgan fingerprint density at radius 2 is 2.33 bits per heavy atom. The summed E-state index contributed by atoms with van der Waals surface area (Å²) in [6.45, 7) is 1.48. The number of rotatable bonds is 4. The Hall–Kier alpha value is -0.900. The largest absolute Gasteiger partial charge is 0.468 e. The van der Waals surface area contributed by atoms with Crippen molar-refractivity contribution in [2.75, 3.05) is 6.54 Å². The zero-order chi connectivity index (χ0) is 8.97. The van der Waals surface area contributed by atoms with E-state index >= 15 is 0 Å². The second kappa shape index (κ2) is 4.21. The molecule has 12 heavy (non-hydrogen) atoms. The Morgan fingerprint density at radius 1 is 1.58 bits per heavy atom. The molecular weight excluding hydrogens is 164 g/mol. The first-order chi connectivity index (χ1) is 5.70. The highest BCUT2D eigenvalue weighted by atomic mass is 19.3. The van der Waals surface area contributed by atoms with Gasteiger partial charge in [0, 0.05) is 0 Å². The van der Waals surface area contributed by atoms with Gasteiger partial charge in [-0.3, -0.25) is 0 Å². The quantitative estimate of drug-likeness (QED) is 0.758. The van der Waals surface area contributed by atoms with E-state index in [4.69, 9.17) is 4.42 Å². The van der Waals surface area contributed by atoms with Crippen LogP contribution in [0.15, 0.2) is 22.8 Å². The van der Waals surface area contributed by atoms with Gasteiger partial charge in [0.15, 0.2) is 0 Å². The van der Waals surface area contributed by atoms with E-state index in [2.05, 4.69) is 5.32 Å². The molecule has 0 amide bonds. The van der Waals surface area contributed by atoms with Crippen molar-refractivity contribution in [3.8, 4) is 0 Å². The Kier molecular flexibility index (Phi) is 3.22.